The number of anilines is 1. The smallest absolute Gasteiger partial charge is 0.322 e. The van der Waals surface area contributed by atoms with Gasteiger partial charge < -0.3 is 4.42 Å². The Kier molecular flexibility index (Phi) is 6.15. The zero-order valence-electron chi connectivity index (χ0n) is 15.3. The van der Waals surface area contributed by atoms with Crippen LogP contribution < -0.4 is 5.32 Å². The van der Waals surface area contributed by atoms with Crippen molar-refractivity contribution in [2.45, 2.75) is 34.6 Å². The van der Waals surface area contributed by atoms with E-state index in [1.807, 2.05) is 30.3 Å². The number of rotatable bonds is 7. The minimum Gasteiger partial charge on any atom is -0.407 e. The summed E-state index contributed by atoms with van der Waals surface area (Å²) in [5.74, 6) is 0.413. The molecule has 0 fully saturated rings. The number of amides is 1. The summed E-state index contributed by atoms with van der Waals surface area (Å²) < 4.78 is 29.7. The Morgan fingerprint density at radius 1 is 1.07 bits per heavy atom. The fourth-order valence-corrected chi connectivity index (χ4v) is 4.08. The molecule has 3 aromatic rings. The highest BCUT2D eigenvalue weighted by molar-refractivity contribution is 7.98. The van der Waals surface area contributed by atoms with Gasteiger partial charge in [0.15, 0.2) is 9.84 Å². The maximum atomic E-state index is 12.3. The van der Waals surface area contributed by atoms with E-state index in [4.69, 9.17) is 4.42 Å². The highest BCUT2D eigenvalue weighted by Crippen LogP contribution is 2.22. The molecule has 7 nitrogen and oxygen atoms in total. The highest BCUT2D eigenvalue weighted by Gasteiger charge is 2.19. The van der Waals surface area contributed by atoms with Crippen molar-refractivity contribution in [1.29, 1.82) is 0 Å². The van der Waals surface area contributed by atoms with Gasteiger partial charge in [0.05, 0.1) is 15.9 Å². The molecule has 0 aliphatic heterocycles. The lowest BCUT2D eigenvalue weighted by Gasteiger charge is -2.08. The Morgan fingerprint density at radius 2 is 1.75 bits per heavy atom. The van der Waals surface area contributed by atoms with Gasteiger partial charge in [-0.05, 0) is 50.2 Å². The molecular formula is C19H19N3O4S2. The number of sulfone groups is 1. The first-order valence-corrected chi connectivity index (χ1v) is 11.0. The van der Waals surface area contributed by atoms with Gasteiger partial charge in [-0.25, -0.2) is 8.42 Å². The molecule has 9 heteroatoms. The van der Waals surface area contributed by atoms with Crippen LogP contribution in [0.3, 0.4) is 0 Å². The molecule has 1 heterocycles. The quantitative estimate of drug-likeness (QED) is 0.583. The van der Waals surface area contributed by atoms with Gasteiger partial charge in [-0.2, -0.15) is 0 Å². The van der Waals surface area contributed by atoms with Crippen LogP contribution in [0, 0.1) is 0 Å². The molecule has 0 unspecified atom stereocenters. The van der Waals surface area contributed by atoms with Crippen molar-refractivity contribution in [2.24, 2.45) is 0 Å². The predicted molar refractivity (Wildman–Crippen MR) is 107 cm³/mol. The number of thioether (sulfide) groups is 1. The van der Waals surface area contributed by atoms with Gasteiger partial charge in [-0.15, -0.1) is 16.9 Å². The number of aromatic nitrogens is 2. The normalized spacial score (nSPS) is 11.5. The summed E-state index contributed by atoms with van der Waals surface area (Å²) in [6.45, 7) is 3.22. The van der Waals surface area contributed by atoms with Gasteiger partial charge in [-0.1, -0.05) is 23.3 Å². The lowest BCUT2D eigenvalue weighted by molar-refractivity contribution is 0.102. The van der Waals surface area contributed by atoms with E-state index in [9.17, 15) is 13.2 Å². The number of hydrogen-bond acceptors (Lipinski definition) is 7. The summed E-state index contributed by atoms with van der Waals surface area (Å²) in [7, 11) is -3.38. The third kappa shape index (κ3) is 4.79. The maximum Gasteiger partial charge on any atom is 0.322 e. The molecule has 1 aromatic heterocycles. The van der Waals surface area contributed by atoms with Crippen molar-refractivity contribution in [3.05, 3.63) is 66.1 Å². The van der Waals surface area contributed by atoms with Crippen LogP contribution in [0.15, 0.2) is 68.8 Å². The first kappa shape index (κ1) is 20.1. The van der Waals surface area contributed by atoms with E-state index in [0.717, 1.165) is 4.90 Å². The summed E-state index contributed by atoms with van der Waals surface area (Å²) in [6, 6.07) is 15.5. The Hall–Kier alpha value is -2.65. The van der Waals surface area contributed by atoms with E-state index < -0.39 is 21.0 Å². The lowest BCUT2D eigenvalue weighted by Crippen LogP contribution is -2.15. The Morgan fingerprint density at radius 3 is 2.39 bits per heavy atom. The summed E-state index contributed by atoms with van der Waals surface area (Å²) in [5.41, 5.74) is 0.293. The third-order valence-electron chi connectivity index (χ3n) is 3.86. The fraction of sp³-hybridized carbons (Fsp3) is 0.211. The second-order valence-corrected chi connectivity index (χ2v) is 9.73. The standard InChI is InChI=1S/C19H19N3O4S2/c1-13(2)28(24,25)16-10-8-14(9-11-16)18(23)20-19-22-21-17(26-19)12-27-15-6-4-3-5-7-15/h3-11,13H,12H2,1-2H3,(H,20,22,23). The van der Waals surface area contributed by atoms with E-state index in [1.54, 1.807) is 25.6 Å². The Labute approximate surface area is 167 Å². The van der Waals surface area contributed by atoms with Crippen LogP contribution in [0.4, 0.5) is 6.01 Å². The first-order valence-electron chi connectivity index (χ1n) is 8.52. The molecule has 0 atom stereocenters. The minimum atomic E-state index is -3.38. The zero-order valence-corrected chi connectivity index (χ0v) is 17.0. The van der Waals surface area contributed by atoms with E-state index in [1.165, 1.54) is 24.3 Å². The molecular weight excluding hydrogens is 398 g/mol. The molecule has 28 heavy (non-hydrogen) atoms. The van der Waals surface area contributed by atoms with Crippen LogP contribution in [0.5, 0.6) is 0 Å². The van der Waals surface area contributed by atoms with Gasteiger partial charge >= 0.3 is 6.01 Å². The molecule has 0 saturated carbocycles. The Balaban J connectivity index is 1.61. The molecule has 0 spiro atoms. The van der Waals surface area contributed by atoms with Crippen molar-refractivity contribution in [3.8, 4) is 0 Å². The SMILES string of the molecule is CC(C)S(=O)(=O)c1ccc(C(=O)Nc2nnc(CSc3ccccc3)o2)cc1. The molecule has 0 bridgehead atoms. The van der Waals surface area contributed by atoms with Crippen molar-refractivity contribution < 1.29 is 17.6 Å². The van der Waals surface area contributed by atoms with Gasteiger partial charge in [0, 0.05) is 10.5 Å². The maximum absolute atomic E-state index is 12.3. The third-order valence-corrected chi connectivity index (χ3v) is 7.03. The molecule has 0 radical (unpaired) electrons. The van der Waals surface area contributed by atoms with E-state index in [2.05, 4.69) is 15.5 Å². The summed E-state index contributed by atoms with van der Waals surface area (Å²) in [5, 5.41) is 9.72. The van der Waals surface area contributed by atoms with Crippen LogP contribution in [0.1, 0.15) is 30.1 Å². The number of carbonyl (C=O) groups is 1. The molecule has 2 aromatic carbocycles. The first-order chi connectivity index (χ1) is 13.4. The second-order valence-electron chi connectivity index (χ2n) is 6.17. The van der Waals surface area contributed by atoms with Crippen molar-refractivity contribution >= 4 is 33.5 Å². The second kappa shape index (κ2) is 8.57. The van der Waals surface area contributed by atoms with Gasteiger partial charge in [0.25, 0.3) is 5.91 Å². The summed E-state index contributed by atoms with van der Waals surface area (Å²) >= 11 is 1.54. The molecule has 0 aliphatic rings. The molecule has 0 saturated heterocycles. The fourth-order valence-electron chi connectivity index (χ4n) is 2.26. The molecule has 1 amide bonds. The molecule has 1 N–H and O–H groups in total. The summed E-state index contributed by atoms with van der Waals surface area (Å²) in [6.07, 6.45) is 0. The van der Waals surface area contributed by atoms with E-state index in [0.29, 0.717) is 17.2 Å². The number of nitrogens with zero attached hydrogens (tertiary/aromatic N) is 2. The van der Waals surface area contributed by atoms with Crippen LogP contribution in [-0.4, -0.2) is 29.8 Å². The van der Waals surface area contributed by atoms with Crippen LogP contribution in [0.25, 0.3) is 0 Å². The van der Waals surface area contributed by atoms with E-state index >= 15 is 0 Å². The Bertz CT molecular complexity index is 1050. The minimum absolute atomic E-state index is 0.00691. The number of benzene rings is 2. The monoisotopic (exact) mass is 417 g/mol. The molecule has 3 rings (SSSR count). The highest BCUT2D eigenvalue weighted by atomic mass is 32.2. The number of carbonyl (C=O) groups excluding carboxylic acids is 1. The predicted octanol–water partition coefficient (Wildman–Crippen LogP) is 3.80. The van der Waals surface area contributed by atoms with Crippen molar-refractivity contribution in [3.63, 3.8) is 0 Å². The average Bonchev–Trinajstić information content (AvgIpc) is 3.14. The van der Waals surface area contributed by atoms with Crippen LogP contribution in [0.2, 0.25) is 0 Å². The van der Waals surface area contributed by atoms with Crippen LogP contribution >= 0.6 is 11.8 Å². The average molecular weight is 418 g/mol. The lowest BCUT2D eigenvalue weighted by atomic mass is 10.2. The largest absolute Gasteiger partial charge is 0.407 e. The molecule has 146 valence electrons. The van der Waals surface area contributed by atoms with Crippen molar-refractivity contribution in [2.75, 3.05) is 5.32 Å². The van der Waals surface area contributed by atoms with E-state index in [-0.39, 0.29) is 10.9 Å². The van der Waals surface area contributed by atoms with Crippen LogP contribution in [-0.2, 0) is 15.6 Å². The van der Waals surface area contributed by atoms with Gasteiger partial charge in [-0.3, -0.25) is 10.1 Å². The summed E-state index contributed by atoms with van der Waals surface area (Å²) in [4.78, 5) is 13.6. The van der Waals surface area contributed by atoms with Gasteiger partial charge in [0.1, 0.15) is 0 Å². The van der Waals surface area contributed by atoms with Gasteiger partial charge in [0.2, 0.25) is 5.89 Å². The number of hydrogen-bond donors (Lipinski definition) is 1. The molecule has 0 aliphatic carbocycles. The number of nitrogens with one attached hydrogen (secondary N) is 1. The topological polar surface area (TPSA) is 102 Å². The van der Waals surface area contributed by atoms with Crippen molar-refractivity contribution in [1.82, 2.24) is 10.2 Å². The zero-order chi connectivity index (χ0) is 20.1.